The standard InChI is InChI=1S/C16H18F3N3O2/c1-15(2,3)24-14(23)22-12(10-7-5-4-6-8-10)13-20-9-11(21-13)16(17,18)19/h4-9,12H,1-3H3,(H,20,21)(H,22,23)/t12-/m1/s1. The van der Waals surface area contributed by atoms with E-state index in [1.807, 2.05) is 0 Å². The van der Waals surface area contributed by atoms with Crippen LogP contribution in [0.3, 0.4) is 0 Å². The molecule has 1 aromatic heterocycles. The quantitative estimate of drug-likeness (QED) is 0.885. The molecule has 0 aliphatic carbocycles. The second-order valence-electron chi connectivity index (χ2n) is 6.17. The SMILES string of the molecule is CC(C)(C)OC(=O)N[C@H](c1ccccc1)c1ncc(C(F)(F)F)[nH]1. The molecule has 1 heterocycles. The molecule has 0 saturated heterocycles. The fraction of sp³-hybridized carbons (Fsp3) is 0.375. The fourth-order valence-electron chi connectivity index (χ4n) is 2.01. The highest BCUT2D eigenvalue weighted by Gasteiger charge is 2.34. The molecule has 0 fully saturated rings. The Morgan fingerprint density at radius 2 is 1.83 bits per heavy atom. The summed E-state index contributed by atoms with van der Waals surface area (Å²) in [7, 11) is 0. The van der Waals surface area contributed by atoms with Crippen molar-refractivity contribution in [3.8, 4) is 0 Å². The van der Waals surface area contributed by atoms with E-state index in [-0.39, 0.29) is 5.82 Å². The minimum atomic E-state index is -4.54. The zero-order valence-electron chi connectivity index (χ0n) is 13.4. The van der Waals surface area contributed by atoms with Crippen LogP contribution in [0, 0.1) is 0 Å². The number of hydrogen-bond donors (Lipinski definition) is 2. The van der Waals surface area contributed by atoms with E-state index in [1.54, 1.807) is 51.1 Å². The summed E-state index contributed by atoms with van der Waals surface area (Å²) in [4.78, 5) is 18.0. The zero-order valence-corrected chi connectivity index (χ0v) is 13.4. The Balaban J connectivity index is 2.31. The summed E-state index contributed by atoms with van der Waals surface area (Å²) in [6, 6.07) is 7.66. The fourth-order valence-corrected chi connectivity index (χ4v) is 2.01. The largest absolute Gasteiger partial charge is 0.444 e. The highest BCUT2D eigenvalue weighted by molar-refractivity contribution is 5.69. The molecule has 8 heteroatoms. The van der Waals surface area contributed by atoms with Crippen molar-refractivity contribution in [1.29, 1.82) is 0 Å². The van der Waals surface area contributed by atoms with Gasteiger partial charge in [0.25, 0.3) is 0 Å². The molecule has 1 amide bonds. The number of aromatic amines is 1. The normalized spacial score (nSPS) is 13.4. The zero-order chi connectivity index (χ0) is 18.0. The van der Waals surface area contributed by atoms with Crippen LogP contribution in [0.5, 0.6) is 0 Å². The van der Waals surface area contributed by atoms with Gasteiger partial charge in [-0.3, -0.25) is 0 Å². The summed E-state index contributed by atoms with van der Waals surface area (Å²) >= 11 is 0. The van der Waals surface area contributed by atoms with Gasteiger partial charge in [0.15, 0.2) is 0 Å². The van der Waals surface area contributed by atoms with Crippen molar-refractivity contribution < 1.29 is 22.7 Å². The molecule has 0 spiro atoms. The Labute approximate surface area is 137 Å². The number of amides is 1. The van der Waals surface area contributed by atoms with Gasteiger partial charge in [-0.15, -0.1) is 0 Å². The number of aromatic nitrogens is 2. The number of alkyl carbamates (subject to hydrolysis) is 1. The molecule has 2 N–H and O–H groups in total. The molecule has 0 aliphatic heterocycles. The Hall–Kier alpha value is -2.51. The van der Waals surface area contributed by atoms with Crippen molar-refractivity contribution in [3.63, 3.8) is 0 Å². The maximum atomic E-state index is 12.8. The first kappa shape index (κ1) is 17.8. The van der Waals surface area contributed by atoms with Gasteiger partial charge in [0.1, 0.15) is 23.2 Å². The number of halogens is 3. The second-order valence-corrected chi connectivity index (χ2v) is 6.17. The monoisotopic (exact) mass is 341 g/mol. The van der Waals surface area contributed by atoms with Crippen molar-refractivity contribution in [2.75, 3.05) is 0 Å². The summed E-state index contributed by atoms with van der Waals surface area (Å²) < 4.78 is 43.5. The van der Waals surface area contributed by atoms with Crippen LogP contribution >= 0.6 is 0 Å². The van der Waals surface area contributed by atoms with Crippen molar-refractivity contribution in [3.05, 3.63) is 53.6 Å². The van der Waals surface area contributed by atoms with Gasteiger partial charge < -0.3 is 15.0 Å². The average Bonchev–Trinajstić information content (AvgIpc) is 2.93. The van der Waals surface area contributed by atoms with Crippen molar-refractivity contribution in [2.45, 2.75) is 38.6 Å². The number of hydrogen-bond acceptors (Lipinski definition) is 3. The Bertz CT molecular complexity index is 691. The number of nitrogens with one attached hydrogen (secondary N) is 2. The third kappa shape index (κ3) is 4.74. The van der Waals surface area contributed by atoms with Crippen LogP contribution in [-0.4, -0.2) is 21.7 Å². The van der Waals surface area contributed by atoms with E-state index in [1.165, 1.54) is 0 Å². The van der Waals surface area contributed by atoms with Gasteiger partial charge in [-0.05, 0) is 26.3 Å². The van der Waals surface area contributed by atoms with E-state index < -0.39 is 29.6 Å². The lowest BCUT2D eigenvalue weighted by atomic mass is 10.1. The van der Waals surface area contributed by atoms with E-state index in [9.17, 15) is 18.0 Å². The molecule has 0 saturated carbocycles. The molecule has 24 heavy (non-hydrogen) atoms. The van der Waals surface area contributed by atoms with Gasteiger partial charge in [-0.25, -0.2) is 9.78 Å². The minimum absolute atomic E-state index is 0.0283. The highest BCUT2D eigenvalue weighted by atomic mass is 19.4. The maximum Gasteiger partial charge on any atom is 0.432 e. The van der Waals surface area contributed by atoms with Crippen LogP contribution < -0.4 is 5.32 Å². The highest BCUT2D eigenvalue weighted by Crippen LogP contribution is 2.29. The van der Waals surface area contributed by atoms with Crippen LogP contribution in [-0.2, 0) is 10.9 Å². The van der Waals surface area contributed by atoms with Crippen LogP contribution in [0.4, 0.5) is 18.0 Å². The number of carbonyl (C=O) groups excluding carboxylic acids is 1. The van der Waals surface area contributed by atoms with Gasteiger partial charge in [0.2, 0.25) is 0 Å². The number of carbonyl (C=O) groups is 1. The number of rotatable bonds is 3. The van der Waals surface area contributed by atoms with Gasteiger partial charge in [0.05, 0.1) is 6.20 Å². The smallest absolute Gasteiger partial charge is 0.432 e. The van der Waals surface area contributed by atoms with Crippen LogP contribution in [0.25, 0.3) is 0 Å². The van der Waals surface area contributed by atoms with Crippen molar-refractivity contribution in [1.82, 2.24) is 15.3 Å². The molecular weight excluding hydrogens is 323 g/mol. The van der Waals surface area contributed by atoms with E-state index in [0.29, 0.717) is 11.8 Å². The van der Waals surface area contributed by atoms with Crippen LogP contribution in [0.2, 0.25) is 0 Å². The average molecular weight is 341 g/mol. The lowest BCUT2D eigenvalue weighted by Gasteiger charge is -2.23. The first-order chi connectivity index (χ1) is 11.1. The first-order valence-corrected chi connectivity index (χ1v) is 7.23. The number of benzene rings is 1. The van der Waals surface area contributed by atoms with E-state index >= 15 is 0 Å². The predicted octanol–water partition coefficient (Wildman–Crippen LogP) is 4.04. The molecule has 1 atom stereocenters. The molecule has 5 nitrogen and oxygen atoms in total. The summed E-state index contributed by atoms with van der Waals surface area (Å²) in [5.41, 5.74) is -1.14. The lowest BCUT2D eigenvalue weighted by Crippen LogP contribution is -2.35. The predicted molar refractivity (Wildman–Crippen MR) is 81.2 cm³/mol. The van der Waals surface area contributed by atoms with Gasteiger partial charge in [-0.1, -0.05) is 30.3 Å². The first-order valence-electron chi connectivity index (χ1n) is 7.23. The second kappa shape index (κ2) is 6.54. The molecule has 130 valence electrons. The van der Waals surface area contributed by atoms with Crippen molar-refractivity contribution in [2.24, 2.45) is 0 Å². The van der Waals surface area contributed by atoms with Crippen LogP contribution in [0.15, 0.2) is 36.5 Å². The van der Waals surface area contributed by atoms with Crippen molar-refractivity contribution >= 4 is 6.09 Å². The molecule has 0 aliphatic rings. The number of alkyl halides is 3. The minimum Gasteiger partial charge on any atom is -0.444 e. The van der Waals surface area contributed by atoms with Gasteiger partial charge in [0, 0.05) is 0 Å². The number of imidazole rings is 1. The number of nitrogens with zero attached hydrogens (tertiary/aromatic N) is 1. The Morgan fingerprint density at radius 3 is 2.33 bits per heavy atom. The summed E-state index contributed by atoms with van der Waals surface area (Å²) in [5.74, 6) is -0.0283. The molecular formula is C16H18F3N3O2. The molecule has 1 aromatic carbocycles. The third-order valence-corrected chi connectivity index (χ3v) is 2.97. The summed E-state index contributed by atoms with van der Waals surface area (Å²) in [6.07, 6.45) is -4.60. The third-order valence-electron chi connectivity index (χ3n) is 2.97. The topological polar surface area (TPSA) is 67.0 Å². The lowest BCUT2D eigenvalue weighted by molar-refractivity contribution is -0.140. The molecule has 0 radical (unpaired) electrons. The Kier molecular flexibility index (Phi) is 4.86. The Morgan fingerprint density at radius 1 is 1.21 bits per heavy atom. The summed E-state index contributed by atoms with van der Waals surface area (Å²) in [6.45, 7) is 5.08. The maximum absolute atomic E-state index is 12.8. The molecule has 0 unspecified atom stereocenters. The van der Waals surface area contributed by atoms with E-state index in [2.05, 4.69) is 15.3 Å². The number of ether oxygens (including phenoxy) is 1. The summed E-state index contributed by atoms with van der Waals surface area (Å²) in [5, 5.41) is 2.55. The molecule has 0 bridgehead atoms. The van der Waals surface area contributed by atoms with Crippen LogP contribution in [0.1, 0.15) is 43.9 Å². The number of H-pyrrole nitrogens is 1. The molecule has 2 aromatic rings. The van der Waals surface area contributed by atoms with E-state index in [0.717, 1.165) is 0 Å². The van der Waals surface area contributed by atoms with Gasteiger partial charge in [-0.2, -0.15) is 13.2 Å². The van der Waals surface area contributed by atoms with Gasteiger partial charge >= 0.3 is 12.3 Å². The van der Waals surface area contributed by atoms with E-state index in [4.69, 9.17) is 4.74 Å². The molecule has 2 rings (SSSR count).